The summed E-state index contributed by atoms with van der Waals surface area (Å²) in [6.45, 7) is 4.09. The normalized spacial score (nSPS) is 19.7. The van der Waals surface area contributed by atoms with Gasteiger partial charge in [0.25, 0.3) is 0 Å². The Balaban J connectivity index is 1.91. The lowest BCUT2D eigenvalue weighted by molar-refractivity contribution is -0.127. The molecule has 0 saturated carbocycles. The van der Waals surface area contributed by atoms with Crippen molar-refractivity contribution in [2.75, 3.05) is 4.90 Å². The summed E-state index contributed by atoms with van der Waals surface area (Å²) in [5.41, 5.74) is 2.68. The van der Waals surface area contributed by atoms with Crippen LogP contribution in [0.25, 0.3) is 10.9 Å². The predicted octanol–water partition coefficient (Wildman–Crippen LogP) is 5.40. The second kappa shape index (κ2) is 6.20. The van der Waals surface area contributed by atoms with Crippen LogP contribution in [0.5, 0.6) is 0 Å². The minimum absolute atomic E-state index is 0.00883. The first-order valence-corrected chi connectivity index (χ1v) is 8.99. The molecule has 1 atom stereocenters. The molecule has 0 N–H and O–H groups in total. The summed E-state index contributed by atoms with van der Waals surface area (Å²) in [5, 5.41) is 0.957. The van der Waals surface area contributed by atoms with E-state index in [2.05, 4.69) is 11.9 Å². The van der Waals surface area contributed by atoms with Crippen molar-refractivity contribution in [1.82, 2.24) is 4.98 Å². The quantitative estimate of drug-likeness (QED) is 0.635. The van der Waals surface area contributed by atoms with E-state index in [9.17, 15) is 9.18 Å². The lowest BCUT2D eigenvalue weighted by Gasteiger charge is -2.40. The number of aromatic nitrogens is 1. The Morgan fingerprint density at radius 3 is 2.81 bits per heavy atom. The molecule has 0 radical (unpaired) electrons. The largest absolute Gasteiger partial charge is 0.279 e. The molecule has 2 heterocycles. The third kappa shape index (κ3) is 2.66. The van der Waals surface area contributed by atoms with Crippen molar-refractivity contribution < 1.29 is 9.18 Å². The third-order valence-electron chi connectivity index (χ3n) is 5.22. The van der Waals surface area contributed by atoms with Gasteiger partial charge in [-0.05, 0) is 42.7 Å². The van der Waals surface area contributed by atoms with Crippen LogP contribution in [0.4, 0.5) is 15.8 Å². The highest BCUT2D eigenvalue weighted by molar-refractivity contribution is 6.07. The molecule has 1 aliphatic heterocycles. The number of para-hydroxylation sites is 1. The average Bonchev–Trinajstić information content (AvgIpc) is 2.63. The van der Waals surface area contributed by atoms with Gasteiger partial charge in [0.2, 0.25) is 5.91 Å². The van der Waals surface area contributed by atoms with Crippen LogP contribution in [0, 0.1) is 11.2 Å². The Morgan fingerprint density at radius 1 is 1.19 bits per heavy atom. The van der Waals surface area contributed by atoms with Gasteiger partial charge in [-0.25, -0.2) is 4.39 Å². The second-order valence-electron chi connectivity index (χ2n) is 7.29. The van der Waals surface area contributed by atoms with Gasteiger partial charge in [0.15, 0.2) is 0 Å². The summed E-state index contributed by atoms with van der Waals surface area (Å²) in [5.74, 6) is -0.330. The van der Waals surface area contributed by atoms with E-state index in [0.717, 1.165) is 29.3 Å². The summed E-state index contributed by atoms with van der Waals surface area (Å²) >= 11 is 0. The Morgan fingerprint density at radius 2 is 2.00 bits per heavy atom. The highest BCUT2D eigenvalue weighted by Gasteiger charge is 2.42. The third-order valence-corrected chi connectivity index (χ3v) is 5.22. The van der Waals surface area contributed by atoms with Crippen LogP contribution in [-0.4, -0.2) is 10.9 Å². The van der Waals surface area contributed by atoms with E-state index >= 15 is 0 Å². The van der Waals surface area contributed by atoms with Crippen molar-refractivity contribution in [1.29, 1.82) is 0 Å². The number of benzene rings is 2. The van der Waals surface area contributed by atoms with Gasteiger partial charge in [0.05, 0.1) is 28.5 Å². The smallest absolute Gasteiger partial charge is 0.237 e. The minimum atomic E-state index is -0.495. The maximum atomic E-state index is 14.0. The van der Waals surface area contributed by atoms with E-state index in [1.54, 1.807) is 17.2 Å². The molecule has 0 fully saturated rings. The van der Waals surface area contributed by atoms with Crippen molar-refractivity contribution in [2.24, 2.45) is 5.41 Å². The van der Waals surface area contributed by atoms with Crippen LogP contribution in [0.15, 0.2) is 54.7 Å². The minimum Gasteiger partial charge on any atom is -0.279 e. The Hall–Kier alpha value is -2.75. The summed E-state index contributed by atoms with van der Waals surface area (Å²) in [6, 6.07) is 14.5. The first-order chi connectivity index (χ1) is 12.5. The molecule has 3 aromatic rings. The zero-order chi connectivity index (χ0) is 18.3. The number of amides is 1. The van der Waals surface area contributed by atoms with Crippen LogP contribution < -0.4 is 4.90 Å². The van der Waals surface area contributed by atoms with Crippen molar-refractivity contribution in [3.8, 4) is 0 Å². The number of hydrogen-bond donors (Lipinski definition) is 0. The van der Waals surface area contributed by atoms with Gasteiger partial charge in [0.1, 0.15) is 5.82 Å². The number of nitrogens with zero attached hydrogens (tertiary/aromatic N) is 2. The molecule has 0 saturated heterocycles. The van der Waals surface area contributed by atoms with Crippen molar-refractivity contribution >= 4 is 28.2 Å². The number of fused-ring (bicyclic) bond motifs is 2. The fourth-order valence-corrected chi connectivity index (χ4v) is 3.96. The van der Waals surface area contributed by atoms with E-state index in [4.69, 9.17) is 0 Å². The number of pyridine rings is 1. The number of carbonyl (C=O) groups is 1. The van der Waals surface area contributed by atoms with Crippen LogP contribution in [-0.2, 0) is 11.2 Å². The molecule has 0 aliphatic carbocycles. The van der Waals surface area contributed by atoms with E-state index < -0.39 is 5.41 Å². The molecule has 4 rings (SSSR count). The van der Waals surface area contributed by atoms with Gasteiger partial charge in [-0.15, -0.1) is 0 Å². The predicted molar refractivity (Wildman–Crippen MR) is 102 cm³/mol. The fraction of sp³-hybridized carbons (Fsp3) is 0.273. The standard InChI is InChI=1S/C22H21FN2O/c1-3-10-22(2)13-16-8-9-17(23)12-20(16)25(21(22)26)18-11-15-6-4-5-7-19(15)24-14-18/h4-9,11-12,14H,3,10,13H2,1-2H3. The number of hydrogen-bond acceptors (Lipinski definition) is 2. The molecule has 26 heavy (non-hydrogen) atoms. The van der Waals surface area contributed by atoms with Crippen molar-refractivity contribution in [2.45, 2.75) is 33.1 Å². The summed E-state index contributed by atoms with van der Waals surface area (Å²) in [6.07, 6.45) is 4.04. The first-order valence-electron chi connectivity index (χ1n) is 8.99. The lowest BCUT2D eigenvalue weighted by Crippen LogP contribution is -2.45. The van der Waals surface area contributed by atoms with Gasteiger partial charge in [-0.2, -0.15) is 0 Å². The molecule has 1 aliphatic rings. The summed E-state index contributed by atoms with van der Waals surface area (Å²) < 4.78 is 14.0. The number of carbonyl (C=O) groups excluding carboxylic acids is 1. The molecule has 1 amide bonds. The van der Waals surface area contributed by atoms with Crippen molar-refractivity contribution in [3.63, 3.8) is 0 Å². The fourth-order valence-electron chi connectivity index (χ4n) is 3.96. The van der Waals surface area contributed by atoms with E-state index in [1.807, 2.05) is 37.3 Å². The molecule has 1 unspecified atom stereocenters. The second-order valence-corrected chi connectivity index (χ2v) is 7.29. The Bertz CT molecular complexity index is 1000. The van der Waals surface area contributed by atoms with Crippen LogP contribution in [0.2, 0.25) is 0 Å². The van der Waals surface area contributed by atoms with Crippen LogP contribution >= 0.6 is 0 Å². The van der Waals surface area contributed by atoms with E-state index in [0.29, 0.717) is 17.8 Å². The monoisotopic (exact) mass is 348 g/mol. The highest BCUT2D eigenvalue weighted by Crippen LogP contribution is 2.44. The van der Waals surface area contributed by atoms with Gasteiger partial charge in [-0.1, -0.05) is 44.5 Å². The topological polar surface area (TPSA) is 33.2 Å². The molecule has 0 bridgehead atoms. The summed E-state index contributed by atoms with van der Waals surface area (Å²) in [4.78, 5) is 19.6. The number of anilines is 2. The van der Waals surface area contributed by atoms with Crippen LogP contribution in [0.3, 0.4) is 0 Å². The molecular weight excluding hydrogens is 327 g/mol. The van der Waals surface area contributed by atoms with Gasteiger partial charge >= 0.3 is 0 Å². The molecular formula is C22H21FN2O. The maximum absolute atomic E-state index is 14.0. The number of rotatable bonds is 3. The van der Waals surface area contributed by atoms with Gasteiger partial charge in [0, 0.05) is 5.39 Å². The Labute approximate surface area is 152 Å². The molecule has 1 aromatic heterocycles. The highest BCUT2D eigenvalue weighted by atomic mass is 19.1. The maximum Gasteiger partial charge on any atom is 0.237 e. The average molecular weight is 348 g/mol. The van der Waals surface area contributed by atoms with E-state index in [-0.39, 0.29) is 11.7 Å². The van der Waals surface area contributed by atoms with E-state index in [1.165, 1.54) is 12.1 Å². The van der Waals surface area contributed by atoms with Crippen LogP contribution in [0.1, 0.15) is 32.3 Å². The molecule has 0 spiro atoms. The zero-order valence-corrected chi connectivity index (χ0v) is 15.0. The molecule has 3 nitrogen and oxygen atoms in total. The first kappa shape index (κ1) is 16.7. The molecule has 2 aromatic carbocycles. The summed E-state index contributed by atoms with van der Waals surface area (Å²) in [7, 11) is 0. The lowest BCUT2D eigenvalue weighted by atomic mass is 9.75. The van der Waals surface area contributed by atoms with Gasteiger partial charge in [-0.3, -0.25) is 14.7 Å². The van der Waals surface area contributed by atoms with Gasteiger partial charge < -0.3 is 0 Å². The number of halogens is 1. The molecule has 4 heteroatoms. The SMILES string of the molecule is CCCC1(C)Cc2ccc(F)cc2N(c2cnc3ccccc3c2)C1=O. The zero-order valence-electron chi connectivity index (χ0n) is 15.0. The van der Waals surface area contributed by atoms with Crippen molar-refractivity contribution in [3.05, 3.63) is 66.1 Å². The Kier molecular flexibility index (Phi) is 3.98. The molecule has 132 valence electrons.